The molecule has 0 spiro atoms. The average molecular weight is 217 g/mol. The summed E-state index contributed by atoms with van der Waals surface area (Å²) in [6.07, 6.45) is 0.859. The summed E-state index contributed by atoms with van der Waals surface area (Å²) in [6, 6.07) is 0.332. The minimum Gasteiger partial charge on any atom is -0.392 e. The lowest BCUT2D eigenvalue weighted by molar-refractivity contribution is 0.140. The molecule has 3 nitrogen and oxygen atoms in total. The highest BCUT2D eigenvalue weighted by molar-refractivity contribution is 5.85. The Bertz CT molecular complexity index is 114. The van der Waals surface area contributed by atoms with Gasteiger partial charge in [-0.15, -0.1) is 24.8 Å². The SMILES string of the molecule is C[C@@H](O)CN1CC[C@@H](N)C1.Cl.Cl. The van der Waals surface area contributed by atoms with Crippen LogP contribution in [-0.2, 0) is 0 Å². The number of aliphatic hydroxyl groups is 1. The molecule has 0 aromatic carbocycles. The van der Waals surface area contributed by atoms with Gasteiger partial charge in [-0.1, -0.05) is 0 Å². The number of nitrogens with zero attached hydrogens (tertiary/aromatic N) is 1. The first-order valence-corrected chi connectivity index (χ1v) is 3.84. The Hall–Kier alpha value is 0.460. The predicted molar refractivity (Wildman–Crippen MR) is 55.2 cm³/mol. The van der Waals surface area contributed by atoms with E-state index in [2.05, 4.69) is 4.90 Å². The highest BCUT2D eigenvalue weighted by atomic mass is 35.5. The molecule has 0 amide bonds. The van der Waals surface area contributed by atoms with Crippen molar-refractivity contribution in [1.82, 2.24) is 4.90 Å². The van der Waals surface area contributed by atoms with Crippen molar-refractivity contribution in [2.75, 3.05) is 19.6 Å². The summed E-state index contributed by atoms with van der Waals surface area (Å²) in [5.74, 6) is 0. The van der Waals surface area contributed by atoms with Gasteiger partial charge in [0.25, 0.3) is 0 Å². The maximum Gasteiger partial charge on any atom is 0.0639 e. The minimum atomic E-state index is -0.217. The molecule has 1 aliphatic heterocycles. The fourth-order valence-corrected chi connectivity index (χ4v) is 1.40. The Morgan fingerprint density at radius 1 is 1.58 bits per heavy atom. The van der Waals surface area contributed by atoms with Gasteiger partial charge in [-0.05, 0) is 19.9 Å². The fraction of sp³-hybridized carbons (Fsp3) is 1.00. The van der Waals surface area contributed by atoms with E-state index in [0.717, 1.165) is 26.1 Å². The monoisotopic (exact) mass is 216 g/mol. The van der Waals surface area contributed by atoms with Gasteiger partial charge in [-0.3, -0.25) is 4.90 Å². The Kier molecular flexibility index (Phi) is 8.63. The summed E-state index contributed by atoms with van der Waals surface area (Å²) < 4.78 is 0. The van der Waals surface area contributed by atoms with Gasteiger partial charge in [0.2, 0.25) is 0 Å². The minimum absolute atomic E-state index is 0. The van der Waals surface area contributed by atoms with Crippen LogP contribution in [0, 0.1) is 0 Å². The van der Waals surface area contributed by atoms with E-state index < -0.39 is 0 Å². The second-order valence-corrected chi connectivity index (χ2v) is 3.16. The molecule has 1 heterocycles. The standard InChI is InChI=1S/C7H16N2O.2ClH/c1-6(10)4-9-3-2-7(8)5-9;;/h6-7,10H,2-5,8H2,1H3;2*1H/t6-,7-;;/m1../s1. The van der Waals surface area contributed by atoms with Gasteiger partial charge in [-0.2, -0.15) is 0 Å². The number of halogens is 2. The number of likely N-dealkylation sites (tertiary alicyclic amines) is 1. The van der Waals surface area contributed by atoms with Crippen molar-refractivity contribution in [3.05, 3.63) is 0 Å². The molecule has 12 heavy (non-hydrogen) atoms. The van der Waals surface area contributed by atoms with Crippen molar-refractivity contribution in [1.29, 1.82) is 0 Å². The molecule has 0 bridgehead atoms. The Labute approximate surface area is 86.1 Å². The Morgan fingerprint density at radius 2 is 2.17 bits per heavy atom. The van der Waals surface area contributed by atoms with Crippen LogP contribution in [0.15, 0.2) is 0 Å². The molecule has 0 radical (unpaired) electrons. The smallest absolute Gasteiger partial charge is 0.0639 e. The van der Waals surface area contributed by atoms with Gasteiger partial charge in [0, 0.05) is 19.1 Å². The summed E-state index contributed by atoms with van der Waals surface area (Å²) in [4.78, 5) is 2.20. The normalized spacial score (nSPS) is 25.8. The fourth-order valence-electron chi connectivity index (χ4n) is 1.40. The van der Waals surface area contributed by atoms with E-state index in [4.69, 9.17) is 10.8 Å². The average Bonchev–Trinajstić information content (AvgIpc) is 2.13. The number of hydrogen-bond donors (Lipinski definition) is 2. The quantitative estimate of drug-likeness (QED) is 0.696. The van der Waals surface area contributed by atoms with E-state index >= 15 is 0 Å². The largest absolute Gasteiger partial charge is 0.392 e. The van der Waals surface area contributed by atoms with Gasteiger partial charge < -0.3 is 10.8 Å². The second-order valence-electron chi connectivity index (χ2n) is 3.16. The van der Waals surface area contributed by atoms with Gasteiger partial charge in [0.1, 0.15) is 0 Å². The number of nitrogens with two attached hydrogens (primary N) is 1. The molecule has 5 heteroatoms. The van der Waals surface area contributed by atoms with E-state index in [-0.39, 0.29) is 30.9 Å². The number of hydrogen-bond acceptors (Lipinski definition) is 3. The zero-order valence-electron chi connectivity index (χ0n) is 7.27. The van der Waals surface area contributed by atoms with E-state index in [1.807, 2.05) is 6.92 Å². The topological polar surface area (TPSA) is 49.5 Å². The first-order valence-electron chi connectivity index (χ1n) is 3.84. The van der Waals surface area contributed by atoms with Gasteiger partial charge in [0.05, 0.1) is 6.10 Å². The molecule has 1 aliphatic rings. The first kappa shape index (κ1) is 15.0. The molecule has 0 aromatic rings. The first-order chi connectivity index (χ1) is 4.68. The number of rotatable bonds is 2. The van der Waals surface area contributed by atoms with E-state index in [0.29, 0.717) is 6.04 Å². The third-order valence-electron chi connectivity index (χ3n) is 1.83. The van der Waals surface area contributed by atoms with Gasteiger partial charge in [-0.25, -0.2) is 0 Å². The van der Waals surface area contributed by atoms with Crippen LogP contribution in [0.5, 0.6) is 0 Å². The molecular formula is C7H18Cl2N2O. The predicted octanol–water partition coefficient (Wildman–Crippen LogP) is 0.244. The molecular weight excluding hydrogens is 199 g/mol. The van der Waals surface area contributed by atoms with Crippen LogP contribution in [0.2, 0.25) is 0 Å². The van der Waals surface area contributed by atoms with Crippen molar-refractivity contribution in [2.24, 2.45) is 5.73 Å². The molecule has 1 fully saturated rings. The molecule has 1 rings (SSSR count). The summed E-state index contributed by atoms with van der Waals surface area (Å²) in [5.41, 5.74) is 5.68. The second kappa shape index (κ2) is 6.92. The Morgan fingerprint density at radius 3 is 2.50 bits per heavy atom. The van der Waals surface area contributed by atoms with Crippen molar-refractivity contribution >= 4 is 24.8 Å². The third-order valence-corrected chi connectivity index (χ3v) is 1.83. The van der Waals surface area contributed by atoms with Crippen molar-refractivity contribution < 1.29 is 5.11 Å². The zero-order valence-corrected chi connectivity index (χ0v) is 8.90. The van der Waals surface area contributed by atoms with Crippen molar-refractivity contribution in [3.63, 3.8) is 0 Å². The molecule has 2 atom stereocenters. The summed E-state index contributed by atoms with van der Waals surface area (Å²) in [6.45, 7) is 4.58. The lowest BCUT2D eigenvalue weighted by Gasteiger charge is -2.16. The van der Waals surface area contributed by atoms with Crippen molar-refractivity contribution in [3.8, 4) is 0 Å². The lowest BCUT2D eigenvalue weighted by atomic mass is 10.3. The molecule has 0 saturated carbocycles. The maximum atomic E-state index is 9.02. The Balaban J connectivity index is 0. The van der Waals surface area contributed by atoms with E-state index in [1.165, 1.54) is 0 Å². The summed E-state index contributed by atoms with van der Waals surface area (Å²) >= 11 is 0. The van der Waals surface area contributed by atoms with Gasteiger partial charge in [0.15, 0.2) is 0 Å². The van der Waals surface area contributed by atoms with Crippen LogP contribution in [-0.4, -0.2) is 41.8 Å². The lowest BCUT2D eigenvalue weighted by Crippen LogP contribution is -2.31. The highest BCUT2D eigenvalue weighted by Gasteiger charge is 2.19. The molecule has 0 aromatic heterocycles. The molecule has 76 valence electrons. The van der Waals surface area contributed by atoms with Crippen LogP contribution in [0.3, 0.4) is 0 Å². The van der Waals surface area contributed by atoms with Crippen LogP contribution in [0.1, 0.15) is 13.3 Å². The van der Waals surface area contributed by atoms with Crippen LogP contribution in [0.25, 0.3) is 0 Å². The summed E-state index contributed by atoms with van der Waals surface area (Å²) in [7, 11) is 0. The summed E-state index contributed by atoms with van der Waals surface area (Å²) in [5, 5.41) is 9.02. The van der Waals surface area contributed by atoms with E-state index in [1.54, 1.807) is 0 Å². The molecule has 0 aliphatic carbocycles. The highest BCUT2D eigenvalue weighted by Crippen LogP contribution is 2.06. The molecule has 3 N–H and O–H groups in total. The van der Waals surface area contributed by atoms with Crippen LogP contribution >= 0.6 is 24.8 Å². The third kappa shape index (κ3) is 5.17. The van der Waals surface area contributed by atoms with Gasteiger partial charge >= 0.3 is 0 Å². The number of β-amino-alcohol motifs (C(OH)–C–C–N with tert-alkyl or cyclic N) is 1. The van der Waals surface area contributed by atoms with Crippen LogP contribution in [0.4, 0.5) is 0 Å². The maximum absolute atomic E-state index is 9.02. The number of aliphatic hydroxyl groups excluding tert-OH is 1. The van der Waals surface area contributed by atoms with Crippen LogP contribution < -0.4 is 5.73 Å². The molecule has 0 unspecified atom stereocenters. The molecule has 1 saturated heterocycles. The zero-order chi connectivity index (χ0) is 7.56. The van der Waals surface area contributed by atoms with E-state index in [9.17, 15) is 0 Å². The van der Waals surface area contributed by atoms with Crippen molar-refractivity contribution in [2.45, 2.75) is 25.5 Å².